The van der Waals surface area contributed by atoms with Gasteiger partial charge in [0.1, 0.15) is 6.07 Å². The second-order valence-corrected chi connectivity index (χ2v) is 3.90. The van der Waals surface area contributed by atoms with Gasteiger partial charge < -0.3 is 5.73 Å². The van der Waals surface area contributed by atoms with E-state index in [4.69, 9.17) is 11.0 Å². The first-order valence-electron chi connectivity index (χ1n) is 4.54. The molecule has 0 amide bonds. The molecule has 0 aliphatic heterocycles. The van der Waals surface area contributed by atoms with Gasteiger partial charge in [0.2, 0.25) is 0 Å². The lowest BCUT2D eigenvalue weighted by Gasteiger charge is -2.01. The topological polar surface area (TPSA) is 75.6 Å². The first-order chi connectivity index (χ1) is 7.83. The summed E-state index contributed by atoms with van der Waals surface area (Å²) in [5.41, 5.74) is 6.61. The van der Waals surface area contributed by atoms with E-state index in [9.17, 15) is 0 Å². The Labute approximate surface area is 96.7 Å². The molecule has 0 aromatic carbocycles. The zero-order valence-electron chi connectivity index (χ0n) is 8.29. The van der Waals surface area contributed by atoms with Crippen molar-refractivity contribution in [3.05, 3.63) is 46.7 Å². The lowest BCUT2D eigenvalue weighted by Crippen LogP contribution is -2.04. The minimum absolute atomic E-state index is 0.311. The molecule has 0 bridgehead atoms. The second kappa shape index (κ2) is 4.55. The van der Waals surface area contributed by atoms with E-state index < -0.39 is 0 Å². The molecule has 0 fully saturated rings. The number of rotatable bonds is 2. The summed E-state index contributed by atoms with van der Waals surface area (Å²) in [6, 6.07) is 7.51. The molecule has 2 N–H and O–H groups in total. The highest BCUT2D eigenvalue weighted by Crippen LogP contribution is 2.23. The summed E-state index contributed by atoms with van der Waals surface area (Å²) in [6.07, 6.45) is 3.19. The van der Waals surface area contributed by atoms with Crippen molar-refractivity contribution in [1.82, 2.24) is 9.97 Å². The lowest BCUT2D eigenvalue weighted by molar-refractivity contribution is 1.11. The second-order valence-electron chi connectivity index (χ2n) is 2.95. The molecular weight excluding hydrogens is 220 g/mol. The Morgan fingerprint density at radius 2 is 2.06 bits per heavy atom. The fourth-order valence-electron chi connectivity index (χ4n) is 1.22. The quantitative estimate of drug-likeness (QED) is 0.796. The van der Waals surface area contributed by atoms with Crippen LogP contribution in [-0.2, 0) is 0 Å². The monoisotopic (exact) mass is 228 g/mol. The Balaban J connectivity index is 2.52. The van der Waals surface area contributed by atoms with Gasteiger partial charge in [-0.25, -0.2) is 9.97 Å². The summed E-state index contributed by atoms with van der Waals surface area (Å²) < 4.78 is 0. The Kier molecular flexibility index (Phi) is 2.94. The van der Waals surface area contributed by atoms with Gasteiger partial charge >= 0.3 is 0 Å². The molecule has 78 valence electrons. The maximum absolute atomic E-state index is 9.09. The van der Waals surface area contributed by atoms with E-state index in [1.807, 2.05) is 17.5 Å². The first kappa shape index (κ1) is 10.3. The van der Waals surface area contributed by atoms with Crippen LogP contribution in [0.5, 0.6) is 0 Å². The highest BCUT2D eigenvalue weighted by Gasteiger charge is 2.10. The third kappa shape index (κ3) is 1.92. The predicted octanol–water partition coefficient (Wildman–Crippen LogP) is 1.89. The molecule has 0 saturated heterocycles. The van der Waals surface area contributed by atoms with Crippen LogP contribution in [0, 0.1) is 11.3 Å². The van der Waals surface area contributed by atoms with Crippen LogP contribution < -0.4 is 5.73 Å². The standard InChI is InChI=1S/C11H8N4S/c12-7-8(9-3-1-6-16-9)10(13)11-14-4-2-5-15-11/h1-6H,13H2/b10-8-. The van der Waals surface area contributed by atoms with Gasteiger partial charge in [-0.1, -0.05) is 6.07 Å². The fraction of sp³-hybridized carbons (Fsp3) is 0. The molecular formula is C11H8N4S. The Hall–Kier alpha value is -2.19. The number of allylic oxidation sites excluding steroid dienone is 1. The highest BCUT2D eigenvalue weighted by atomic mass is 32.1. The van der Waals surface area contributed by atoms with Crippen LogP contribution >= 0.6 is 11.3 Å². The molecule has 0 saturated carbocycles. The van der Waals surface area contributed by atoms with Crippen LogP contribution in [0.2, 0.25) is 0 Å². The highest BCUT2D eigenvalue weighted by molar-refractivity contribution is 7.11. The van der Waals surface area contributed by atoms with Crippen LogP contribution in [0.15, 0.2) is 36.0 Å². The van der Waals surface area contributed by atoms with E-state index in [1.165, 1.54) is 11.3 Å². The van der Waals surface area contributed by atoms with Gasteiger partial charge in [-0.15, -0.1) is 11.3 Å². The smallest absolute Gasteiger partial charge is 0.176 e. The van der Waals surface area contributed by atoms with Crippen LogP contribution in [-0.4, -0.2) is 9.97 Å². The summed E-state index contributed by atoms with van der Waals surface area (Å²) in [4.78, 5) is 8.86. The van der Waals surface area contributed by atoms with Crippen molar-refractivity contribution < 1.29 is 0 Å². The predicted molar refractivity (Wildman–Crippen MR) is 63.0 cm³/mol. The third-order valence-electron chi connectivity index (χ3n) is 1.96. The fourth-order valence-corrected chi connectivity index (χ4v) is 1.95. The molecule has 2 heterocycles. The first-order valence-corrected chi connectivity index (χ1v) is 5.42. The number of nitrogens with two attached hydrogens (primary N) is 1. The molecule has 5 heteroatoms. The van der Waals surface area contributed by atoms with Gasteiger partial charge in [-0.3, -0.25) is 0 Å². The largest absolute Gasteiger partial charge is 0.395 e. The zero-order chi connectivity index (χ0) is 11.4. The van der Waals surface area contributed by atoms with Crippen molar-refractivity contribution in [2.45, 2.75) is 0 Å². The van der Waals surface area contributed by atoms with Crippen LogP contribution in [0.25, 0.3) is 11.3 Å². The molecule has 0 spiro atoms. The van der Waals surface area contributed by atoms with Crippen molar-refractivity contribution in [2.75, 3.05) is 0 Å². The molecule has 2 rings (SSSR count). The van der Waals surface area contributed by atoms with Crippen LogP contribution in [0.4, 0.5) is 0 Å². The van der Waals surface area contributed by atoms with E-state index in [-0.39, 0.29) is 0 Å². The summed E-state index contributed by atoms with van der Waals surface area (Å²) in [7, 11) is 0. The number of nitriles is 1. The molecule has 0 atom stereocenters. The number of hydrogen-bond donors (Lipinski definition) is 1. The minimum atomic E-state index is 0.311. The Morgan fingerprint density at radius 3 is 2.62 bits per heavy atom. The third-order valence-corrected chi connectivity index (χ3v) is 2.84. The molecule has 0 aliphatic carbocycles. The lowest BCUT2D eigenvalue weighted by atomic mass is 10.2. The molecule has 16 heavy (non-hydrogen) atoms. The molecule has 2 aromatic rings. The van der Waals surface area contributed by atoms with Gasteiger partial charge in [-0.05, 0) is 17.5 Å². The Morgan fingerprint density at radius 1 is 1.31 bits per heavy atom. The van der Waals surface area contributed by atoms with Crippen LogP contribution in [0.3, 0.4) is 0 Å². The van der Waals surface area contributed by atoms with E-state index in [2.05, 4.69) is 16.0 Å². The zero-order valence-corrected chi connectivity index (χ0v) is 9.11. The average molecular weight is 228 g/mol. The number of thiophene rings is 1. The van der Waals surface area contributed by atoms with Gasteiger partial charge in [0.25, 0.3) is 0 Å². The summed E-state index contributed by atoms with van der Waals surface area (Å²) in [5.74, 6) is 0.382. The van der Waals surface area contributed by atoms with Crippen molar-refractivity contribution in [3.8, 4) is 6.07 Å². The van der Waals surface area contributed by atoms with Gasteiger partial charge in [0, 0.05) is 17.3 Å². The van der Waals surface area contributed by atoms with E-state index in [0.29, 0.717) is 17.1 Å². The van der Waals surface area contributed by atoms with E-state index in [1.54, 1.807) is 18.5 Å². The molecule has 4 nitrogen and oxygen atoms in total. The number of hydrogen-bond acceptors (Lipinski definition) is 5. The summed E-state index contributed by atoms with van der Waals surface area (Å²) in [5, 5.41) is 11.0. The van der Waals surface area contributed by atoms with Crippen molar-refractivity contribution in [3.63, 3.8) is 0 Å². The van der Waals surface area contributed by atoms with Crippen molar-refractivity contribution in [2.24, 2.45) is 5.73 Å². The van der Waals surface area contributed by atoms with E-state index in [0.717, 1.165) is 4.88 Å². The van der Waals surface area contributed by atoms with Gasteiger partial charge in [0.05, 0.1) is 11.3 Å². The summed E-state index contributed by atoms with van der Waals surface area (Å²) >= 11 is 1.46. The molecule has 0 radical (unpaired) electrons. The molecule has 2 aromatic heterocycles. The maximum Gasteiger partial charge on any atom is 0.176 e. The maximum atomic E-state index is 9.09. The van der Waals surface area contributed by atoms with Crippen molar-refractivity contribution in [1.29, 1.82) is 5.26 Å². The van der Waals surface area contributed by atoms with Gasteiger partial charge in [0.15, 0.2) is 5.82 Å². The minimum Gasteiger partial charge on any atom is -0.395 e. The van der Waals surface area contributed by atoms with Crippen molar-refractivity contribution >= 4 is 22.6 Å². The van der Waals surface area contributed by atoms with E-state index >= 15 is 0 Å². The average Bonchev–Trinajstić information content (AvgIpc) is 2.85. The normalized spacial score (nSPS) is 11.7. The Bertz CT molecular complexity index is 537. The number of nitrogens with zero attached hydrogens (tertiary/aromatic N) is 3. The molecule has 0 unspecified atom stereocenters. The SMILES string of the molecule is N#C/C(=C(/N)c1ncccn1)c1cccs1. The van der Waals surface area contributed by atoms with Crippen LogP contribution in [0.1, 0.15) is 10.7 Å². The summed E-state index contributed by atoms with van der Waals surface area (Å²) in [6.45, 7) is 0. The number of aromatic nitrogens is 2. The molecule has 0 aliphatic rings. The van der Waals surface area contributed by atoms with Gasteiger partial charge in [-0.2, -0.15) is 5.26 Å².